The second-order valence-electron chi connectivity index (χ2n) is 10.1. The highest BCUT2D eigenvalue weighted by Crippen LogP contribution is 2.33. The summed E-state index contributed by atoms with van der Waals surface area (Å²) in [4.78, 5) is 39.7. The fourth-order valence-corrected chi connectivity index (χ4v) is 4.14. The van der Waals surface area contributed by atoms with Crippen molar-refractivity contribution in [2.45, 2.75) is 51.9 Å². The van der Waals surface area contributed by atoms with Gasteiger partial charge in [0.15, 0.2) is 5.78 Å². The van der Waals surface area contributed by atoms with Gasteiger partial charge in [0, 0.05) is 35.5 Å². The third kappa shape index (κ3) is 5.87. The molecular formula is C27H27F3N4O4. The molecule has 0 saturated heterocycles. The first-order valence-corrected chi connectivity index (χ1v) is 11.9. The second-order valence-corrected chi connectivity index (χ2v) is 10.1. The SMILES string of the molecule is C[C@H]1CN(c2ccc(C(F)(F)F)cc2)C(=O)c2c(CC(=O)c3ccc(NC(=O)OC(C)(C)C)cc3)cnn21. The molecular weight excluding hydrogens is 501 g/mol. The summed E-state index contributed by atoms with van der Waals surface area (Å²) >= 11 is 0. The number of carbonyl (C=O) groups is 3. The van der Waals surface area contributed by atoms with E-state index >= 15 is 0 Å². The van der Waals surface area contributed by atoms with Gasteiger partial charge in [-0.15, -0.1) is 0 Å². The van der Waals surface area contributed by atoms with E-state index in [1.54, 1.807) is 49.7 Å². The number of ether oxygens (including phenoxy) is 1. The number of anilines is 2. The highest BCUT2D eigenvalue weighted by molar-refractivity contribution is 6.08. The Kier molecular flexibility index (Phi) is 7.05. The lowest BCUT2D eigenvalue weighted by Gasteiger charge is -2.32. The zero-order valence-corrected chi connectivity index (χ0v) is 21.3. The molecule has 0 unspecified atom stereocenters. The van der Waals surface area contributed by atoms with Crippen molar-refractivity contribution in [1.82, 2.24) is 9.78 Å². The van der Waals surface area contributed by atoms with E-state index in [9.17, 15) is 27.6 Å². The maximum atomic E-state index is 13.4. The number of hydrogen-bond acceptors (Lipinski definition) is 5. The third-order valence-corrected chi connectivity index (χ3v) is 5.89. The molecule has 8 nitrogen and oxygen atoms in total. The van der Waals surface area contributed by atoms with Gasteiger partial charge >= 0.3 is 12.3 Å². The number of halogens is 3. The second kappa shape index (κ2) is 9.96. The molecule has 2 heterocycles. The Morgan fingerprint density at radius 2 is 1.68 bits per heavy atom. The van der Waals surface area contributed by atoms with Crippen LogP contribution in [0.5, 0.6) is 0 Å². The number of nitrogens with one attached hydrogen (secondary N) is 1. The average Bonchev–Trinajstić information content (AvgIpc) is 3.24. The van der Waals surface area contributed by atoms with E-state index < -0.39 is 29.3 Å². The topological polar surface area (TPSA) is 93.5 Å². The Morgan fingerprint density at radius 3 is 2.26 bits per heavy atom. The monoisotopic (exact) mass is 528 g/mol. The number of hydrogen-bond donors (Lipinski definition) is 1. The summed E-state index contributed by atoms with van der Waals surface area (Å²) in [6.07, 6.45) is -3.73. The van der Waals surface area contributed by atoms with Crippen LogP contribution in [0, 0.1) is 0 Å². The molecule has 2 amide bonds. The van der Waals surface area contributed by atoms with Crippen molar-refractivity contribution in [2.24, 2.45) is 0 Å². The number of fused-ring (bicyclic) bond motifs is 1. The number of alkyl halides is 3. The molecule has 2 aromatic carbocycles. The average molecular weight is 529 g/mol. The summed E-state index contributed by atoms with van der Waals surface area (Å²) in [6.45, 7) is 7.30. The van der Waals surface area contributed by atoms with Crippen LogP contribution in [0.3, 0.4) is 0 Å². The van der Waals surface area contributed by atoms with Crippen LogP contribution in [-0.2, 0) is 17.3 Å². The van der Waals surface area contributed by atoms with Crippen LogP contribution in [0.15, 0.2) is 54.7 Å². The summed E-state index contributed by atoms with van der Waals surface area (Å²) in [5.41, 5.74) is 0.335. The van der Waals surface area contributed by atoms with Crippen molar-refractivity contribution in [2.75, 3.05) is 16.8 Å². The number of amides is 2. The highest BCUT2D eigenvalue weighted by atomic mass is 19.4. The van der Waals surface area contributed by atoms with Gasteiger partial charge in [-0.2, -0.15) is 18.3 Å². The summed E-state index contributed by atoms with van der Waals surface area (Å²) in [5.74, 6) is -0.711. The van der Waals surface area contributed by atoms with Crippen molar-refractivity contribution < 1.29 is 32.3 Å². The van der Waals surface area contributed by atoms with E-state index in [2.05, 4.69) is 10.4 Å². The van der Waals surface area contributed by atoms with Crippen molar-refractivity contribution in [3.8, 4) is 0 Å². The van der Waals surface area contributed by atoms with Crippen LogP contribution >= 0.6 is 0 Å². The molecule has 1 aromatic heterocycles. The summed E-state index contributed by atoms with van der Waals surface area (Å²) < 4.78 is 45.6. The first-order chi connectivity index (χ1) is 17.7. The molecule has 0 spiro atoms. The summed E-state index contributed by atoms with van der Waals surface area (Å²) in [5, 5.41) is 6.89. The molecule has 1 aliphatic heterocycles. The molecule has 3 aromatic rings. The van der Waals surface area contributed by atoms with Gasteiger partial charge in [0.2, 0.25) is 0 Å². The quantitative estimate of drug-likeness (QED) is 0.417. The zero-order valence-electron chi connectivity index (χ0n) is 21.3. The Morgan fingerprint density at radius 1 is 1.05 bits per heavy atom. The number of aromatic nitrogens is 2. The lowest BCUT2D eigenvalue weighted by molar-refractivity contribution is -0.137. The van der Waals surface area contributed by atoms with E-state index in [1.807, 2.05) is 6.92 Å². The number of carbonyl (C=O) groups excluding carboxylic acids is 3. The van der Waals surface area contributed by atoms with Crippen molar-refractivity contribution in [1.29, 1.82) is 0 Å². The van der Waals surface area contributed by atoms with E-state index in [4.69, 9.17) is 4.74 Å². The Balaban J connectivity index is 1.50. The molecule has 0 radical (unpaired) electrons. The van der Waals surface area contributed by atoms with Gasteiger partial charge < -0.3 is 9.64 Å². The maximum Gasteiger partial charge on any atom is 0.416 e. The van der Waals surface area contributed by atoms with Crippen LogP contribution in [0.1, 0.15) is 65.7 Å². The predicted octanol–water partition coefficient (Wildman–Crippen LogP) is 5.90. The zero-order chi connectivity index (χ0) is 27.8. The lowest BCUT2D eigenvalue weighted by atomic mass is 10.0. The highest BCUT2D eigenvalue weighted by Gasteiger charge is 2.35. The maximum absolute atomic E-state index is 13.4. The lowest BCUT2D eigenvalue weighted by Crippen LogP contribution is -2.43. The molecule has 200 valence electrons. The number of benzene rings is 2. The minimum absolute atomic E-state index is 0.104. The van der Waals surface area contributed by atoms with E-state index in [0.29, 0.717) is 22.5 Å². The number of Topliss-reactive ketones (excluding diaryl/α,β-unsaturated/α-hetero) is 1. The molecule has 0 fully saturated rings. The minimum Gasteiger partial charge on any atom is -0.444 e. The van der Waals surface area contributed by atoms with Gasteiger partial charge in [0.25, 0.3) is 5.91 Å². The van der Waals surface area contributed by atoms with E-state index in [1.165, 1.54) is 23.2 Å². The molecule has 0 aliphatic carbocycles. The van der Waals surface area contributed by atoms with Crippen LogP contribution in [0.4, 0.5) is 29.3 Å². The smallest absolute Gasteiger partial charge is 0.416 e. The number of nitrogens with zero attached hydrogens (tertiary/aromatic N) is 3. The van der Waals surface area contributed by atoms with Gasteiger partial charge in [-0.05, 0) is 76.2 Å². The van der Waals surface area contributed by atoms with Gasteiger partial charge in [0.05, 0.1) is 17.8 Å². The third-order valence-electron chi connectivity index (χ3n) is 5.89. The van der Waals surface area contributed by atoms with Crippen LogP contribution < -0.4 is 10.2 Å². The van der Waals surface area contributed by atoms with Crippen LogP contribution in [0.25, 0.3) is 0 Å². The number of ketones is 1. The Bertz CT molecular complexity index is 1360. The standard InChI is InChI=1S/C27H27F3N4O4/c1-16-15-33(21-11-7-19(8-12-21)27(28,29)30)24(36)23-18(14-31-34(16)23)13-22(35)17-5-9-20(10-6-17)32-25(37)38-26(2,3)4/h5-12,14,16H,13,15H2,1-4H3,(H,32,37)/t16-/m0/s1. The fourth-order valence-electron chi connectivity index (χ4n) is 4.14. The molecule has 1 atom stereocenters. The Hall–Kier alpha value is -4.15. The van der Waals surface area contributed by atoms with Crippen LogP contribution in [-0.4, -0.2) is 39.7 Å². The first kappa shape index (κ1) is 26.9. The molecule has 38 heavy (non-hydrogen) atoms. The van der Waals surface area contributed by atoms with Gasteiger partial charge in [-0.3, -0.25) is 19.6 Å². The number of rotatable bonds is 5. The molecule has 11 heteroatoms. The molecule has 1 aliphatic rings. The normalized spacial score (nSPS) is 15.7. The Labute approximate surface area is 217 Å². The van der Waals surface area contributed by atoms with Crippen molar-refractivity contribution in [3.05, 3.63) is 77.1 Å². The van der Waals surface area contributed by atoms with Crippen LogP contribution in [0.2, 0.25) is 0 Å². The predicted molar refractivity (Wildman–Crippen MR) is 134 cm³/mol. The van der Waals surface area contributed by atoms with E-state index in [0.717, 1.165) is 12.1 Å². The van der Waals surface area contributed by atoms with Crippen molar-refractivity contribution >= 4 is 29.2 Å². The van der Waals surface area contributed by atoms with Gasteiger partial charge in [0.1, 0.15) is 11.3 Å². The van der Waals surface area contributed by atoms with E-state index in [-0.39, 0.29) is 30.5 Å². The minimum atomic E-state index is -4.48. The molecule has 1 N–H and O–H groups in total. The molecule has 0 bridgehead atoms. The first-order valence-electron chi connectivity index (χ1n) is 11.9. The molecule has 0 saturated carbocycles. The van der Waals surface area contributed by atoms with Crippen molar-refractivity contribution in [3.63, 3.8) is 0 Å². The summed E-state index contributed by atoms with van der Waals surface area (Å²) in [7, 11) is 0. The molecule has 4 rings (SSSR count). The van der Waals surface area contributed by atoms with Gasteiger partial charge in [-0.25, -0.2) is 4.79 Å². The fraction of sp³-hybridized carbons (Fsp3) is 0.333. The largest absolute Gasteiger partial charge is 0.444 e. The van der Waals surface area contributed by atoms with Gasteiger partial charge in [-0.1, -0.05) is 0 Å². The summed E-state index contributed by atoms with van der Waals surface area (Å²) in [6, 6.07) is 10.4.